The van der Waals surface area contributed by atoms with E-state index in [9.17, 15) is 4.79 Å². The van der Waals surface area contributed by atoms with Crippen LogP contribution in [0.5, 0.6) is 0 Å². The zero-order valence-corrected chi connectivity index (χ0v) is 14.9. The van der Waals surface area contributed by atoms with Crippen LogP contribution in [0.25, 0.3) is 0 Å². The summed E-state index contributed by atoms with van der Waals surface area (Å²) in [6.45, 7) is 0. The Balaban J connectivity index is 1.67. The van der Waals surface area contributed by atoms with Crippen LogP contribution in [0.15, 0.2) is 48.7 Å². The number of carbonyl (C=O) groups is 1. The molecule has 0 saturated heterocycles. The van der Waals surface area contributed by atoms with Crippen molar-refractivity contribution in [3.05, 3.63) is 54.2 Å². The highest BCUT2D eigenvalue weighted by atomic mass is 16.2. The van der Waals surface area contributed by atoms with Gasteiger partial charge < -0.3 is 15.5 Å². The number of hydrogen-bond donors (Lipinski definition) is 2. The van der Waals surface area contributed by atoms with Crippen LogP contribution >= 0.6 is 0 Å². The normalized spacial score (nSPS) is 15.6. The Labute approximate surface area is 149 Å². The van der Waals surface area contributed by atoms with Crippen LogP contribution in [0.4, 0.5) is 16.3 Å². The van der Waals surface area contributed by atoms with Gasteiger partial charge in [-0.2, -0.15) is 0 Å². The molecule has 25 heavy (non-hydrogen) atoms. The van der Waals surface area contributed by atoms with Gasteiger partial charge in [-0.1, -0.05) is 43.2 Å². The minimum Gasteiger partial charge on any atom is -0.363 e. The molecule has 1 heterocycles. The van der Waals surface area contributed by atoms with Crippen molar-refractivity contribution in [2.45, 2.75) is 31.7 Å². The highest BCUT2D eigenvalue weighted by Gasteiger charge is 2.27. The molecule has 1 aromatic carbocycles. The van der Waals surface area contributed by atoms with Crippen LogP contribution in [0.1, 0.15) is 37.3 Å². The molecule has 132 valence electrons. The van der Waals surface area contributed by atoms with Gasteiger partial charge in [-0.3, -0.25) is 0 Å². The van der Waals surface area contributed by atoms with Gasteiger partial charge in [0, 0.05) is 14.1 Å². The number of rotatable bonds is 5. The maximum atomic E-state index is 12.5. The van der Waals surface area contributed by atoms with E-state index in [4.69, 9.17) is 0 Å². The zero-order valence-electron chi connectivity index (χ0n) is 14.9. The molecule has 3 rings (SSSR count). The van der Waals surface area contributed by atoms with Crippen molar-refractivity contribution in [1.82, 2.24) is 10.3 Å². The van der Waals surface area contributed by atoms with Crippen molar-refractivity contribution in [2.24, 2.45) is 5.92 Å². The van der Waals surface area contributed by atoms with Gasteiger partial charge in [-0.15, -0.1) is 0 Å². The fourth-order valence-electron chi connectivity index (χ4n) is 3.46. The van der Waals surface area contributed by atoms with E-state index in [2.05, 4.69) is 27.8 Å². The summed E-state index contributed by atoms with van der Waals surface area (Å²) in [5.74, 6) is 1.36. The van der Waals surface area contributed by atoms with Gasteiger partial charge in [0.05, 0.1) is 17.9 Å². The van der Waals surface area contributed by atoms with E-state index in [1.54, 1.807) is 6.20 Å². The molecule has 2 amide bonds. The van der Waals surface area contributed by atoms with Crippen molar-refractivity contribution in [2.75, 3.05) is 24.3 Å². The maximum Gasteiger partial charge on any atom is 0.319 e. The third kappa shape index (κ3) is 4.50. The molecule has 2 aromatic rings. The average Bonchev–Trinajstić information content (AvgIpc) is 3.15. The summed E-state index contributed by atoms with van der Waals surface area (Å²) >= 11 is 0. The molecule has 0 unspecified atom stereocenters. The minimum absolute atomic E-state index is 0.0534. The second-order valence-corrected chi connectivity index (χ2v) is 6.83. The molecular formula is C20H26N4O. The minimum atomic E-state index is -0.180. The molecule has 0 spiro atoms. The predicted octanol–water partition coefficient (Wildman–Crippen LogP) is 4.20. The first-order valence-electron chi connectivity index (χ1n) is 8.89. The Morgan fingerprint density at radius 3 is 2.44 bits per heavy atom. The number of pyridine rings is 1. The number of carbonyl (C=O) groups excluding carboxylic acids is 1. The molecule has 2 N–H and O–H groups in total. The smallest absolute Gasteiger partial charge is 0.319 e. The molecule has 1 saturated carbocycles. The SMILES string of the molecule is CN(C)c1ccc(NC(=O)N[C@H](c2ccccc2)C2CCCC2)cn1. The van der Waals surface area contributed by atoms with E-state index in [1.807, 2.05) is 49.3 Å². The van der Waals surface area contributed by atoms with Gasteiger partial charge in [-0.25, -0.2) is 9.78 Å². The van der Waals surface area contributed by atoms with Gasteiger partial charge in [0.1, 0.15) is 5.82 Å². The van der Waals surface area contributed by atoms with Gasteiger partial charge >= 0.3 is 6.03 Å². The van der Waals surface area contributed by atoms with Crippen molar-refractivity contribution < 1.29 is 4.79 Å². The summed E-state index contributed by atoms with van der Waals surface area (Å²) < 4.78 is 0. The number of hydrogen-bond acceptors (Lipinski definition) is 3. The van der Waals surface area contributed by atoms with E-state index in [1.165, 1.54) is 31.2 Å². The van der Waals surface area contributed by atoms with E-state index < -0.39 is 0 Å². The Hall–Kier alpha value is -2.56. The highest BCUT2D eigenvalue weighted by molar-refractivity contribution is 5.89. The van der Waals surface area contributed by atoms with Crippen LogP contribution in [0.2, 0.25) is 0 Å². The molecule has 1 atom stereocenters. The monoisotopic (exact) mass is 338 g/mol. The average molecular weight is 338 g/mol. The molecule has 0 bridgehead atoms. The number of aromatic nitrogens is 1. The molecule has 0 aliphatic heterocycles. The summed E-state index contributed by atoms with van der Waals surface area (Å²) in [6.07, 6.45) is 6.50. The van der Waals surface area contributed by atoms with Crippen molar-refractivity contribution >= 4 is 17.5 Å². The Kier molecular flexibility index (Phi) is 5.53. The number of benzene rings is 1. The van der Waals surface area contributed by atoms with Crippen LogP contribution in [-0.2, 0) is 0 Å². The van der Waals surface area contributed by atoms with E-state index in [-0.39, 0.29) is 12.1 Å². The fraction of sp³-hybridized carbons (Fsp3) is 0.400. The lowest BCUT2D eigenvalue weighted by Gasteiger charge is -2.25. The number of nitrogens with one attached hydrogen (secondary N) is 2. The Bertz CT molecular complexity index is 679. The Morgan fingerprint density at radius 2 is 1.84 bits per heavy atom. The van der Waals surface area contributed by atoms with E-state index in [0.717, 1.165) is 5.82 Å². The fourth-order valence-corrected chi connectivity index (χ4v) is 3.46. The summed E-state index contributed by atoms with van der Waals surface area (Å²) in [7, 11) is 3.88. The van der Waals surface area contributed by atoms with E-state index >= 15 is 0 Å². The molecular weight excluding hydrogens is 312 g/mol. The predicted molar refractivity (Wildman–Crippen MR) is 102 cm³/mol. The highest BCUT2D eigenvalue weighted by Crippen LogP contribution is 2.35. The van der Waals surface area contributed by atoms with Gasteiger partial charge in [0.15, 0.2) is 0 Å². The molecule has 1 aliphatic carbocycles. The lowest BCUT2D eigenvalue weighted by atomic mass is 9.92. The molecule has 1 aromatic heterocycles. The molecule has 0 radical (unpaired) electrons. The van der Waals surface area contributed by atoms with E-state index in [0.29, 0.717) is 11.6 Å². The number of amides is 2. The second-order valence-electron chi connectivity index (χ2n) is 6.83. The summed E-state index contributed by atoms with van der Waals surface area (Å²) in [4.78, 5) is 18.8. The van der Waals surface area contributed by atoms with Crippen LogP contribution in [0.3, 0.4) is 0 Å². The first kappa shape index (κ1) is 17.3. The molecule has 1 aliphatic rings. The summed E-state index contributed by atoms with van der Waals surface area (Å²) in [5, 5.41) is 6.07. The number of nitrogens with zero attached hydrogens (tertiary/aromatic N) is 2. The van der Waals surface area contributed by atoms with Gasteiger partial charge in [-0.05, 0) is 36.5 Å². The third-order valence-electron chi connectivity index (χ3n) is 4.78. The van der Waals surface area contributed by atoms with Gasteiger partial charge in [0.2, 0.25) is 0 Å². The van der Waals surface area contributed by atoms with Crippen LogP contribution < -0.4 is 15.5 Å². The third-order valence-corrected chi connectivity index (χ3v) is 4.78. The topological polar surface area (TPSA) is 57.3 Å². The van der Waals surface area contributed by atoms with Gasteiger partial charge in [0.25, 0.3) is 0 Å². The lowest BCUT2D eigenvalue weighted by molar-refractivity contribution is 0.242. The van der Waals surface area contributed by atoms with Crippen molar-refractivity contribution in [3.8, 4) is 0 Å². The summed E-state index contributed by atoms with van der Waals surface area (Å²) in [5.41, 5.74) is 1.87. The standard InChI is InChI=1S/C20H26N4O/c1-24(2)18-13-12-17(14-21-18)22-20(25)23-19(16-10-6-7-11-16)15-8-4-3-5-9-15/h3-5,8-9,12-14,16,19H,6-7,10-11H2,1-2H3,(H2,22,23,25)/t19-/m1/s1. The summed E-state index contributed by atoms with van der Waals surface area (Å²) in [6, 6.07) is 13.9. The number of anilines is 2. The largest absolute Gasteiger partial charge is 0.363 e. The number of urea groups is 1. The Morgan fingerprint density at radius 1 is 1.12 bits per heavy atom. The molecule has 5 heteroatoms. The zero-order chi connectivity index (χ0) is 17.6. The van der Waals surface area contributed by atoms with Crippen LogP contribution in [-0.4, -0.2) is 25.1 Å². The first-order valence-corrected chi connectivity index (χ1v) is 8.89. The quantitative estimate of drug-likeness (QED) is 0.859. The van der Waals surface area contributed by atoms with Crippen LogP contribution in [0, 0.1) is 5.92 Å². The molecule has 5 nitrogen and oxygen atoms in total. The second kappa shape index (κ2) is 8.01. The van der Waals surface area contributed by atoms with Crippen molar-refractivity contribution in [3.63, 3.8) is 0 Å². The van der Waals surface area contributed by atoms with Crippen molar-refractivity contribution in [1.29, 1.82) is 0 Å². The lowest BCUT2D eigenvalue weighted by Crippen LogP contribution is -2.36. The molecule has 1 fully saturated rings. The first-order chi connectivity index (χ1) is 12.1. The maximum absolute atomic E-state index is 12.5.